The minimum absolute atomic E-state index is 0. The van der Waals surface area contributed by atoms with Crippen LogP contribution in [0.3, 0.4) is 0 Å². The van der Waals surface area contributed by atoms with Gasteiger partial charge in [0, 0.05) is 11.3 Å². The molecule has 3 rings (SSSR count). The minimum Gasteiger partial charge on any atom is -0.744 e. The molecule has 0 radical (unpaired) electrons. The van der Waals surface area contributed by atoms with E-state index in [4.69, 9.17) is 5.26 Å². The Morgan fingerprint density at radius 1 is 0.969 bits per heavy atom. The Labute approximate surface area is 230 Å². The number of hydrogen-bond acceptors (Lipinski definition) is 9. The number of rotatable bonds is 6. The number of nitrogens with zero attached hydrogens (tertiary/aromatic N) is 3. The van der Waals surface area contributed by atoms with Crippen LogP contribution >= 0.6 is 47.8 Å². The standard InChI is InChI=1S/C16H12Br3N3O7S2.Na/c17-16(18,19)30(24,25)15-21-20-14(11-3-1-10(2-4-11)9-29-23)22(15)12-5-7-13(8-6-12)31(26,27)28;/h1-8,23H,9H2,(H,26,27,28);/q;+1/p-1. The fraction of sp³-hybridized carbons (Fsp3) is 0.125. The Kier molecular flexibility index (Phi) is 9.29. The molecule has 0 unspecified atom stereocenters. The zero-order chi connectivity index (χ0) is 23.0. The fourth-order valence-electron chi connectivity index (χ4n) is 2.55. The van der Waals surface area contributed by atoms with Gasteiger partial charge in [-0.1, -0.05) is 24.3 Å². The Hall–Kier alpha value is -0.200. The van der Waals surface area contributed by atoms with Crippen molar-refractivity contribution in [2.24, 2.45) is 0 Å². The molecular weight excluding hydrogens is 673 g/mol. The average molecular weight is 684 g/mol. The van der Waals surface area contributed by atoms with Crippen LogP contribution in [0.2, 0.25) is 0 Å². The quantitative estimate of drug-likeness (QED) is 0.128. The smallest absolute Gasteiger partial charge is 0.744 e. The second-order valence-electron chi connectivity index (χ2n) is 6.01. The topological polar surface area (TPSA) is 152 Å². The molecule has 0 saturated carbocycles. The van der Waals surface area contributed by atoms with Crippen LogP contribution in [0.4, 0.5) is 0 Å². The summed E-state index contributed by atoms with van der Waals surface area (Å²) >= 11 is 8.94. The third-order valence-corrected chi connectivity index (χ3v) is 10.0. The minimum atomic E-state index is -4.69. The number of sulfone groups is 1. The molecule has 0 fully saturated rings. The van der Waals surface area contributed by atoms with Crippen molar-refractivity contribution < 1.29 is 61.1 Å². The van der Waals surface area contributed by atoms with Crippen molar-refractivity contribution in [3.05, 3.63) is 54.1 Å². The van der Waals surface area contributed by atoms with Crippen molar-refractivity contribution in [3.63, 3.8) is 0 Å². The van der Waals surface area contributed by atoms with Crippen LogP contribution in [0.15, 0.2) is 58.6 Å². The monoisotopic (exact) mass is 681 g/mol. The van der Waals surface area contributed by atoms with Gasteiger partial charge in [-0.2, -0.15) is 0 Å². The van der Waals surface area contributed by atoms with Crippen LogP contribution in [0.5, 0.6) is 0 Å². The molecule has 166 valence electrons. The fourth-order valence-corrected chi connectivity index (χ4v) is 5.11. The number of alkyl halides is 3. The largest absolute Gasteiger partial charge is 1.00 e. The van der Waals surface area contributed by atoms with E-state index < -0.39 is 31.5 Å². The second-order valence-corrected chi connectivity index (χ2v) is 17.7. The molecule has 10 nitrogen and oxygen atoms in total. The molecular formula is C16H11Br3N3NaO7S2. The van der Waals surface area contributed by atoms with E-state index in [2.05, 4.69) is 62.9 Å². The first-order chi connectivity index (χ1) is 14.4. The van der Waals surface area contributed by atoms with Gasteiger partial charge in [0.25, 0.3) is 5.16 Å². The van der Waals surface area contributed by atoms with Gasteiger partial charge in [0.05, 0.1) is 4.90 Å². The van der Waals surface area contributed by atoms with Gasteiger partial charge >= 0.3 is 29.6 Å². The first kappa shape index (κ1) is 28.0. The Balaban J connectivity index is 0.00000363. The van der Waals surface area contributed by atoms with Gasteiger partial charge in [-0.3, -0.25) is 9.82 Å². The van der Waals surface area contributed by atoms with E-state index in [1.165, 1.54) is 16.7 Å². The van der Waals surface area contributed by atoms with Crippen LogP contribution in [-0.4, -0.2) is 42.9 Å². The summed E-state index contributed by atoms with van der Waals surface area (Å²) in [7, 11) is -8.88. The molecule has 0 atom stereocenters. The van der Waals surface area contributed by atoms with Crippen LogP contribution in [-0.2, 0) is 31.4 Å². The van der Waals surface area contributed by atoms with Gasteiger partial charge in [-0.05, 0) is 77.6 Å². The molecule has 3 aromatic rings. The SMILES string of the molecule is O=S(=O)([O-])c1ccc(-n2c(-c3ccc(COO)cc3)nnc2S(=O)(=O)C(Br)(Br)Br)cc1.[Na+]. The van der Waals surface area contributed by atoms with Crippen molar-refractivity contribution in [2.45, 2.75) is 18.1 Å². The molecule has 0 aliphatic heterocycles. The van der Waals surface area contributed by atoms with Crippen molar-refractivity contribution in [1.82, 2.24) is 14.8 Å². The molecule has 1 heterocycles. The molecule has 0 spiro atoms. The van der Waals surface area contributed by atoms with E-state index in [-0.39, 0.29) is 47.7 Å². The van der Waals surface area contributed by atoms with Gasteiger partial charge in [-0.25, -0.2) is 21.7 Å². The van der Waals surface area contributed by atoms with E-state index in [1.54, 1.807) is 24.3 Å². The van der Waals surface area contributed by atoms with Crippen LogP contribution < -0.4 is 29.6 Å². The average Bonchev–Trinajstić information content (AvgIpc) is 3.13. The van der Waals surface area contributed by atoms with E-state index in [1.807, 2.05) is 0 Å². The molecule has 1 N–H and O–H groups in total. The summed E-state index contributed by atoms with van der Waals surface area (Å²) in [6.07, 6.45) is 0. The van der Waals surface area contributed by atoms with Crippen LogP contribution in [0, 0.1) is 0 Å². The summed E-state index contributed by atoms with van der Waals surface area (Å²) < 4.78 is 59.2. The summed E-state index contributed by atoms with van der Waals surface area (Å²) in [5, 5.41) is 15.9. The van der Waals surface area contributed by atoms with Gasteiger partial charge in [0.2, 0.25) is 11.3 Å². The molecule has 32 heavy (non-hydrogen) atoms. The van der Waals surface area contributed by atoms with E-state index in [9.17, 15) is 21.4 Å². The zero-order valence-corrected chi connectivity index (χ0v) is 24.4. The molecule has 0 amide bonds. The van der Waals surface area contributed by atoms with Crippen LogP contribution in [0.25, 0.3) is 17.1 Å². The van der Waals surface area contributed by atoms with Gasteiger partial charge in [0.1, 0.15) is 16.7 Å². The number of benzene rings is 2. The number of hydrogen-bond donors (Lipinski definition) is 1. The van der Waals surface area contributed by atoms with Crippen LogP contribution in [0.1, 0.15) is 5.56 Å². The molecule has 0 aliphatic rings. The van der Waals surface area contributed by atoms with Gasteiger partial charge in [-0.15, -0.1) is 10.2 Å². The molecule has 16 heteroatoms. The summed E-state index contributed by atoms with van der Waals surface area (Å²) in [5.41, 5.74) is 1.32. The van der Waals surface area contributed by atoms with Crippen molar-refractivity contribution >= 4 is 67.7 Å². The number of aromatic nitrogens is 3. The Morgan fingerprint density at radius 3 is 2.00 bits per heavy atom. The molecule has 0 saturated heterocycles. The third kappa shape index (κ3) is 5.89. The molecule has 1 aromatic heterocycles. The van der Waals surface area contributed by atoms with E-state index in [0.29, 0.717) is 11.1 Å². The summed E-state index contributed by atoms with van der Waals surface area (Å²) in [6, 6.07) is 11.2. The maximum atomic E-state index is 13.0. The van der Waals surface area contributed by atoms with E-state index in [0.717, 1.165) is 12.1 Å². The molecule has 2 aromatic carbocycles. The third-order valence-electron chi connectivity index (χ3n) is 4.01. The maximum absolute atomic E-state index is 13.0. The molecule has 0 bridgehead atoms. The van der Waals surface area contributed by atoms with E-state index >= 15 is 0 Å². The first-order valence-corrected chi connectivity index (χ1v) is 13.3. The Bertz CT molecular complexity index is 1310. The summed E-state index contributed by atoms with van der Waals surface area (Å²) in [4.78, 5) is 3.62. The van der Waals surface area contributed by atoms with Gasteiger partial charge < -0.3 is 4.55 Å². The Morgan fingerprint density at radius 2 is 1.53 bits per heavy atom. The summed E-state index contributed by atoms with van der Waals surface area (Å²) in [6.45, 7) is -0.0446. The number of halogens is 3. The van der Waals surface area contributed by atoms with Gasteiger partial charge in [0.15, 0.2) is 5.82 Å². The van der Waals surface area contributed by atoms with Crippen molar-refractivity contribution in [1.29, 1.82) is 0 Å². The normalized spacial score (nSPS) is 12.4. The summed E-state index contributed by atoms with van der Waals surface area (Å²) in [5.74, 6) is 0.129. The first-order valence-electron chi connectivity index (χ1n) is 8.05. The predicted molar refractivity (Wildman–Crippen MR) is 119 cm³/mol. The van der Waals surface area contributed by atoms with Crippen molar-refractivity contribution in [2.75, 3.05) is 0 Å². The maximum Gasteiger partial charge on any atom is 1.00 e. The molecule has 0 aliphatic carbocycles. The van der Waals surface area contributed by atoms with Crippen molar-refractivity contribution in [3.8, 4) is 17.1 Å². The zero-order valence-electron chi connectivity index (χ0n) is 16.0. The predicted octanol–water partition coefficient (Wildman–Crippen LogP) is 0.402. The second kappa shape index (κ2) is 10.6.